The maximum absolute atomic E-state index is 3.48. The minimum Gasteiger partial charge on any atom is -0.367 e. The monoisotopic (exact) mass is 289 g/mol. The highest BCUT2D eigenvalue weighted by molar-refractivity contribution is 5.49. The number of benzene rings is 1. The van der Waals surface area contributed by atoms with E-state index in [0.717, 1.165) is 6.54 Å². The molecular formula is C18H31N3. The third-order valence-electron chi connectivity index (χ3n) is 4.36. The molecule has 1 fully saturated rings. The summed E-state index contributed by atoms with van der Waals surface area (Å²) in [4.78, 5) is 5.07. The molecule has 0 saturated carbocycles. The summed E-state index contributed by atoms with van der Waals surface area (Å²) in [6.07, 6.45) is 2.46. The van der Waals surface area contributed by atoms with Gasteiger partial charge in [0, 0.05) is 37.4 Å². The lowest BCUT2D eigenvalue weighted by Crippen LogP contribution is -2.39. The molecule has 1 aliphatic heterocycles. The molecule has 0 amide bonds. The molecular weight excluding hydrogens is 258 g/mol. The lowest BCUT2D eigenvalue weighted by Gasteiger charge is -2.32. The lowest BCUT2D eigenvalue weighted by molar-refractivity contribution is 0.328. The minimum atomic E-state index is 0.537. The van der Waals surface area contributed by atoms with Crippen molar-refractivity contribution in [1.29, 1.82) is 0 Å². The fraction of sp³-hybridized carbons (Fsp3) is 0.667. The summed E-state index contributed by atoms with van der Waals surface area (Å²) in [7, 11) is 2.24. The molecule has 0 aliphatic carbocycles. The average Bonchev–Trinajstić information content (AvgIpc) is 2.67. The van der Waals surface area contributed by atoms with Crippen molar-refractivity contribution in [2.75, 3.05) is 31.6 Å². The molecule has 0 radical (unpaired) electrons. The van der Waals surface area contributed by atoms with Gasteiger partial charge >= 0.3 is 0 Å². The first-order valence-corrected chi connectivity index (χ1v) is 8.37. The number of likely N-dealkylation sites (N-methyl/N-ethyl adjacent to an activating group) is 1. The first kappa shape index (κ1) is 16.3. The van der Waals surface area contributed by atoms with Crippen LogP contribution in [0.2, 0.25) is 0 Å². The van der Waals surface area contributed by atoms with Gasteiger partial charge in [0.15, 0.2) is 0 Å². The molecule has 0 spiro atoms. The molecule has 3 nitrogen and oxygen atoms in total. The summed E-state index contributed by atoms with van der Waals surface area (Å²) in [5.41, 5.74) is 2.75. The smallest absolute Gasteiger partial charge is 0.0414 e. The summed E-state index contributed by atoms with van der Waals surface area (Å²) in [5, 5.41) is 3.48. The van der Waals surface area contributed by atoms with E-state index in [-0.39, 0.29) is 0 Å². The van der Waals surface area contributed by atoms with Crippen LogP contribution in [0.5, 0.6) is 0 Å². The number of rotatable bonds is 5. The van der Waals surface area contributed by atoms with Crippen LogP contribution in [0.25, 0.3) is 0 Å². The molecule has 1 unspecified atom stereocenters. The summed E-state index contributed by atoms with van der Waals surface area (Å²) in [6.45, 7) is 11.2. The molecule has 1 aromatic carbocycles. The van der Waals surface area contributed by atoms with Gasteiger partial charge in [-0.05, 0) is 44.1 Å². The largest absolute Gasteiger partial charge is 0.367 e. The van der Waals surface area contributed by atoms with Crippen molar-refractivity contribution < 1.29 is 0 Å². The third kappa shape index (κ3) is 4.72. The quantitative estimate of drug-likeness (QED) is 0.898. The summed E-state index contributed by atoms with van der Waals surface area (Å²) >= 11 is 0. The van der Waals surface area contributed by atoms with E-state index >= 15 is 0 Å². The van der Waals surface area contributed by atoms with Gasteiger partial charge in [-0.1, -0.05) is 32.9 Å². The number of anilines is 1. The van der Waals surface area contributed by atoms with Gasteiger partial charge in [-0.2, -0.15) is 0 Å². The Bertz CT molecular complexity index is 413. The van der Waals surface area contributed by atoms with E-state index in [9.17, 15) is 0 Å². The van der Waals surface area contributed by atoms with Crippen molar-refractivity contribution in [3.8, 4) is 0 Å². The van der Waals surface area contributed by atoms with E-state index in [2.05, 4.69) is 67.2 Å². The second-order valence-electron chi connectivity index (χ2n) is 6.57. The molecule has 118 valence electrons. The highest BCUT2D eigenvalue weighted by Gasteiger charge is 2.21. The molecule has 1 atom stereocenters. The van der Waals surface area contributed by atoms with E-state index in [1.807, 2.05) is 0 Å². The predicted molar refractivity (Wildman–Crippen MR) is 92.0 cm³/mol. The standard InChI is InChI=1S/C18H31N3/c1-5-17-14-20(4)11-6-12-21(17)18-9-7-16(8-10-18)13-19-15(2)3/h7-10,15,17,19H,5-6,11-14H2,1-4H3. The average molecular weight is 289 g/mol. The molecule has 1 saturated heterocycles. The van der Waals surface area contributed by atoms with Crippen LogP contribution in [0.4, 0.5) is 5.69 Å². The maximum atomic E-state index is 3.48. The number of nitrogens with zero attached hydrogens (tertiary/aromatic N) is 2. The van der Waals surface area contributed by atoms with Gasteiger partial charge in [-0.3, -0.25) is 0 Å². The van der Waals surface area contributed by atoms with Crippen LogP contribution in [0.3, 0.4) is 0 Å². The predicted octanol–water partition coefficient (Wildman–Crippen LogP) is 3.11. The summed E-state index contributed by atoms with van der Waals surface area (Å²) in [5.74, 6) is 0. The van der Waals surface area contributed by atoms with Gasteiger partial charge in [0.1, 0.15) is 0 Å². The van der Waals surface area contributed by atoms with Crippen LogP contribution in [0.1, 0.15) is 39.2 Å². The lowest BCUT2D eigenvalue weighted by atomic mass is 10.1. The van der Waals surface area contributed by atoms with E-state index in [0.29, 0.717) is 12.1 Å². The van der Waals surface area contributed by atoms with Crippen molar-refractivity contribution in [3.63, 3.8) is 0 Å². The van der Waals surface area contributed by atoms with Gasteiger partial charge in [0.05, 0.1) is 0 Å². The van der Waals surface area contributed by atoms with Crippen LogP contribution in [0.15, 0.2) is 24.3 Å². The van der Waals surface area contributed by atoms with Crippen molar-refractivity contribution in [2.45, 2.75) is 52.2 Å². The van der Waals surface area contributed by atoms with Crippen LogP contribution >= 0.6 is 0 Å². The van der Waals surface area contributed by atoms with E-state index in [1.54, 1.807) is 0 Å². The number of hydrogen-bond acceptors (Lipinski definition) is 3. The molecule has 1 N–H and O–H groups in total. The second-order valence-corrected chi connectivity index (χ2v) is 6.57. The Hall–Kier alpha value is -1.06. The van der Waals surface area contributed by atoms with E-state index in [4.69, 9.17) is 0 Å². The fourth-order valence-corrected chi connectivity index (χ4v) is 3.06. The molecule has 1 aliphatic rings. The van der Waals surface area contributed by atoms with Crippen molar-refractivity contribution in [2.24, 2.45) is 0 Å². The SMILES string of the molecule is CCC1CN(C)CCCN1c1ccc(CNC(C)C)cc1. The molecule has 1 heterocycles. The second kappa shape index (κ2) is 7.81. The van der Waals surface area contributed by atoms with E-state index < -0.39 is 0 Å². The van der Waals surface area contributed by atoms with Crippen molar-refractivity contribution in [1.82, 2.24) is 10.2 Å². The van der Waals surface area contributed by atoms with E-state index in [1.165, 1.54) is 43.7 Å². The van der Waals surface area contributed by atoms with Gasteiger partial charge in [0.2, 0.25) is 0 Å². The summed E-state index contributed by atoms with van der Waals surface area (Å²) < 4.78 is 0. The Morgan fingerprint density at radius 2 is 1.90 bits per heavy atom. The van der Waals surface area contributed by atoms with Gasteiger partial charge in [0.25, 0.3) is 0 Å². The maximum Gasteiger partial charge on any atom is 0.0414 e. The summed E-state index contributed by atoms with van der Waals surface area (Å²) in [6, 6.07) is 10.3. The Balaban J connectivity index is 2.05. The Morgan fingerprint density at radius 1 is 1.19 bits per heavy atom. The zero-order chi connectivity index (χ0) is 15.2. The van der Waals surface area contributed by atoms with Crippen LogP contribution in [-0.4, -0.2) is 43.7 Å². The number of hydrogen-bond donors (Lipinski definition) is 1. The van der Waals surface area contributed by atoms with Gasteiger partial charge in [-0.25, -0.2) is 0 Å². The van der Waals surface area contributed by atoms with Crippen LogP contribution in [-0.2, 0) is 6.54 Å². The van der Waals surface area contributed by atoms with Crippen molar-refractivity contribution >= 4 is 5.69 Å². The highest BCUT2D eigenvalue weighted by Crippen LogP contribution is 2.22. The molecule has 2 rings (SSSR count). The Labute approximate surface area is 130 Å². The molecule has 0 aromatic heterocycles. The zero-order valence-corrected chi connectivity index (χ0v) is 14.1. The number of nitrogens with one attached hydrogen (secondary N) is 1. The van der Waals surface area contributed by atoms with Gasteiger partial charge < -0.3 is 15.1 Å². The third-order valence-corrected chi connectivity index (χ3v) is 4.36. The minimum absolute atomic E-state index is 0.537. The fourth-order valence-electron chi connectivity index (χ4n) is 3.06. The molecule has 0 bridgehead atoms. The zero-order valence-electron chi connectivity index (χ0n) is 14.1. The first-order chi connectivity index (χ1) is 10.1. The molecule has 1 aromatic rings. The Kier molecular flexibility index (Phi) is 6.07. The van der Waals surface area contributed by atoms with Gasteiger partial charge in [-0.15, -0.1) is 0 Å². The Morgan fingerprint density at radius 3 is 2.52 bits per heavy atom. The van der Waals surface area contributed by atoms with Crippen LogP contribution in [0, 0.1) is 0 Å². The normalized spacial score (nSPS) is 20.8. The molecule has 21 heavy (non-hydrogen) atoms. The molecule has 3 heteroatoms. The topological polar surface area (TPSA) is 18.5 Å². The highest BCUT2D eigenvalue weighted by atomic mass is 15.2. The first-order valence-electron chi connectivity index (χ1n) is 8.37. The van der Waals surface area contributed by atoms with Crippen LogP contribution < -0.4 is 10.2 Å². The van der Waals surface area contributed by atoms with Crippen molar-refractivity contribution in [3.05, 3.63) is 29.8 Å².